The van der Waals surface area contributed by atoms with Gasteiger partial charge in [0.1, 0.15) is 11.6 Å². The molecule has 0 radical (unpaired) electrons. The second-order valence-corrected chi connectivity index (χ2v) is 4.12. The van der Waals surface area contributed by atoms with Gasteiger partial charge in [-0.15, -0.1) is 0 Å². The number of aryl methyl sites for hydroxylation is 1. The molecule has 2 aromatic carbocycles. The Morgan fingerprint density at radius 3 is 2.63 bits per heavy atom. The number of para-hydroxylation sites is 1. The van der Waals surface area contributed by atoms with Gasteiger partial charge in [-0.1, -0.05) is 18.2 Å². The summed E-state index contributed by atoms with van der Waals surface area (Å²) >= 11 is 0. The minimum absolute atomic E-state index is 0.159. The third-order valence-corrected chi connectivity index (χ3v) is 2.79. The number of anilines is 1. The summed E-state index contributed by atoms with van der Waals surface area (Å²) in [5.74, 6) is -0.209. The quantitative estimate of drug-likeness (QED) is 0.917. The maximum absolute atomic E-state index is 13.4. The highest BCUT2D eigenvalue weighted by Crippen LogP contribution is 2.20. The number of nitrogens with one attached hydrogen (secondary N) is 1. The van der Waals surface area contributed by atoms with E-state index in [4.69, 9.17) is 4.74 Å². The van der Waals surface area contributed by atoms with Crippen LogP contribution >= 0.6 is 0 Å². The Morgan fingerprint density at radius 1 is 1.21 bits per heavy atom. The first-order chi connectivity index (χ1) is 9.11. The van der Waals surface area contributed by atoms with Gasteiger partial charge in [-0.05, 0) is 36.8 Å². The summed E-state index contributed by atoms with van der Waals surface area (Å²) in [6, 6.07) is 11.1. The number of carbonyl (C=O) groups is 1. The normalized spacial score (nSPS) is 10.1. The van der Waals surface area contributed by atoms with Crippen molar-refractivity contribution in [1.29, 1.82) is 0 Å². The fourth-order valence-corrected chi connectivity index (χ4v) is 1.72. The second-order valence-electron chi connectivity index (χ2n) is 4.12. The molecule has 0 unspecified atom stereocenters. The molecule has 0 spiro atoms. The van der Waals surface area contributed by atoms with E-state index in [0.29, 0.717) is 11.3 Å². The minimum atomic E-state index is -0.463. The third-order valence-electron chi connectivity index (χ3n) is 2.79. The van der Waals surface area contributed by atoms with E-state index < -0.39 is 5.82 Å². The Balaban J connectivity index is 2.23. The lowest BCUT2D eigenvalue weighted by Crippen LogP contribution is -2.13. The van der Waals surface area contributed by atoms with Gasteiger partial charge >= 0.3 is 0 Å². The summed E-state index contributed by atoms with van der Waals surface area (Å²) in [5, 5.41) is 2.53. The molecular formula is C15H14FNO2. The van der Waals surface area contributed by atoms with E-state index in [1.54, 1.807) is 37.4 Å². The lowest BCUT2D eigenvalue weighted by Gasteiger charge is -2.09. The topological polar surface area (TPSA) is 38.3 Å². The first-order valence-corrected chi connectivity index (χ1v) is 5.82. The number of amides is 1. The highest BCUT2D eigenvalue weighted by Gasteiger charge is 2.10. The van der Waals surface area contributed by atoms with E-state index in [1.165, 1.54) is 12.1 Å². The molecule has 1 N–H and O–H groups in total. The highest BCUT2D eigenvalue weighted by atomic mass is 19.1. The Morgan fingerprint density at radius 2 is 1.95 bits per heavy atom. The van der Waals surface area contributed by atoms with Crippen LogP contribution in [0, 0.1) is 12.7 Å². The molecule has 0 bridgehead atoms. The highest BCUT2D eigenvalue weighted by molar-refractivity contribution is 6.04. The summed E-state index contributed by atoms with van der Waals surface area (Å²) < 4.78 is 18.6. The molecule has 0 aliphatic rings. The van der Waals surface area contributed by atoms with Crippen molar-refractivity contribution in [2.75, 3.05) is 12.4 Å². The van der Waals surface area contributed by atoms with Crippen molar-refractivity contribution in [3.63, 3.8) is 0 Å². The number of hydrogen-bond donors (Lipinski definition) is 1. The van der Waals surface area contributed by atoms with Crippen LogP contribution in [0.25, 0.3) is 0 Å². The van der Waals surface area contributed by atoms with Crippen LogP contribution in [0.15, 0.2) is 42.5 Å². The van der Waals surface area contributed by atoms with Crippen molar-refractivity contribution >= 4 is 11.6 Å². The van der Waals surface area contributed by atoms with Gasteiger partial charge in [0.15, 0.2) is 0 Å². The zero-order valence-corrected chi connectivity index (χ0v) is 10.7. The van der Waals surface area contributed by atoms with Crippen molar-refractivity contribution in [2.24, 2.45) is 0 Å². The van der Waals surface area contributed by atoms with Crippen LogP contribution in [0.5, 0.6) is 5.75 Å². The smallest absolute Gasteiger partial charge is 0.255 e. The maximum Gasteiger partial charge on any atom is 0.255 e. The van der Waals surface area contributed by atoms with Crippen LogP contribution in [-0.2, 0) is 0 Å². The lowest BCUT2D eigenvalue weighted by atomic mass is 10.1. The van der Waals surface area contributed by atoms with Gasteiger partial charge < -0.3 is 10.1 Å². The van der Waals surface area contributed by atoms with E-state index >= 15 is 0 Å². The van der Waals surface area contributed by atoms with Crippen molar-refractivity contribution < 1.29 is 13.9 Å². The molecule has 98 valence electrons. The van der Waals surface area contributed by atoms with Crippen LogP contribution in [0.2, 0.25) is 0 Å². The number of methoxy groups -OCH3 is 1. The van der Waals surface area contributed by atoms with Crippen molar-refractivity contribution in [3.05, 3.63) is 59.4 Å². The standard InChI is InChI=1S/C15H14FNO2/c1-10-7-8-11(9-14(10)19-2)15(18)17-13-6-4-3-5-12(13)16/h3-9H,1-2H3,(H,17,18). The van der Waals surface area contributed by atoms with E-state index in [0.717, 1.165) is 5.56 Å². The average Bonchev–Trinajstić information content (AvgIpc) is 2.42. The van der Waals surface area contributed by atoms with E-state index in [2.05, 4.69) is 5.32 Å². The third kappa shape index (κ3) is 2.91. The molecule has 0 saturated heterocycles. The Bertz CT molecular complexity index is 611. The molecule has 2 aromatic rings. The molecule has 2 rings (SSSR count). The largest absolute Gasteiger partial charge is 0.496 e. The van der Waals surface area contributed by atoms with Gasteiger partial charge in [-0.3, -0.25) is 4.79 Å². The van der Waals surface area contributed by atoms with Crippen LogP contribution in [0.3, 0.4) is 0 Å². The molecule has 0 aliphatic carbocycles. The van der Waals surface area contributed by atoms with Gasteiger partial charge in [0.25, 0.3) is 5.91 Å². The fourth-order valence-electron chi connectivity index (χ4n) is 1.72. The molecule has 0 saturated carbocycles. The van der Waals surface area contributed by atoms with Crippen molar-refractivity contribution in [1.82, 2.24) is 0 Å². The minimum Gasteiger partial charge on any atom is -0.496 e. The zero-order chi connectivity index (χ0) is 13.8. The van der Waals surface area contributed by atoms with Gasteiger partial charge in [-0.2, -0.15) is 0 Å². The van der Waals surface area contributed by atoms with Gasteiger partial charge in [0.05, 0.1) is 12.8 Å². The first-order valence-electron chi connectivity index (χ1n) is 5.82. The van der Waals surface area contributed by atoms with Crippen LogP contribution in [-0.4, -0.2) is 13.0 Å². The van der Waals surface area contributed by atoms with Gasteiger partial charge in [-0.25, -0.2) is 4.39 Å². The monoisotopic (exact) mass is 259 g/mol. The van der Waals surface area contributed by atoms with Crippen molar-refractivity contribution in [3.8, 4) is 5.75 Å². The molecule has 1 amide bonds. The molecule has 0 fully saturated rings. The Hall–Kier alpha value is -2.36. The molecule has 0 aromatic heterocycles. The van der Waals surface area contributed by atoms with Crippen LogP contribution in [0.1, 0.15) is 15.9 Å². The van der Waals surface area contributed by atoms with Crippen LogP contribution < -0.4 is 10.1 Å². The summed E-state index contributed by atoms with van der Waals surface area (Å²) in [6.45, 7) is 1.89. The van der Waals surface area contributed by atoms with E-state index in [-0.39, 0.29) is 11.6 Å². The molecule has 3 nitrogen and oxygen atoms in total. The number of ether oxygens (including phenoxy) is 1. The summed E-state index contributed by atoms with van der Waals surface area (Å²) in [6.07, 6.45) is 0. The molecule has 0 aliphatic heterocycles. The summed E-state index contributed by atoms with van der Waals surface area (Å²) in [4.78, 5) is 12.0. The Kier molecular flexibility index (Phi) is 3.80. The number of hydrogen-bond acceptors (Lipinski definition) is 2. The SMILES string of the molecule is COc1cc(C(=O)Nc2ccccc2F)ccc1C. The van der Waals surface area contributed by atoms with Crippen LogP contribution in [0.4, 0.5) is 10.1 Å². The number of rotatable bonds is 3. The predicted molar refractivity (Wildman–Crippen MR) is 72.1 cm³/mol. The van der Waals surface area contributed by atoms with Gasteiger partial charge in [0.2, 0.25) is 0 Å². The predicted octanol–water partition coefficient (Wildman–Crippen LogP) is 3.40. The molecule has 0 atom stereocenters. The number of benzene rings is 2. The molecule has 4 heteroatoms. The van der Waals surface area contributed by atoms with Crippen molar-refractivity contribution in [2.45, 2.75) is 6.92 Å². The Labute approximate surface area is 111 Å². The van der Waals surface area contributed by atoms with E-state index in [1.807, 2.05) is 6.92 Å². The van der Waals surface area contributed by atoms with E-state index in [9.17, 15) is 9.18 Å². The molecular weight excluding hydrogens is 245 g/mol. The first kappa shape index (κ1) is 13.1. The summed E-state index contributed by atoms with van der Waals surface area (Å²) in [5.41, 5.74) is 1.52. The maximum atomic E-state index is 13.4. The number of halogens is 1. The molecule has 0 heterocycles. The number of carbonyl (C=O) groups excluding carboxylic acids is 1. The second kappa shape index (κ2) is 5.52. The molecule has 19 heavy (non-hydrogen) atoms. The van der Waals surface area contributed by atoms with Gasteiger partial charge in [0, 0.05) is 5.56 Å². The fraction of sp³-hybridized carbons (Fsp3) is 0.133. The zero-order valence-electron chi connectivity index (χ0n) is 10.7. The summed E-state index contributed by atoms with van der Waals surface area (Å²) in [7, 11) is 1.54. The average molecular weight is 259 g/mol. The lowest BCUT2D eigenvalue weighted by molar-refractivity contribution is 0.102.